The predicted molar refractivity (Wildman–Crippen MR) is 115 cm³/mol. The average Bonchev–Trinajstić information content (AvgIpc) is 2.75. The van der Waals surface area contributed by atoms with E-state index in [1.165, 1.54) is 30.3 Å². The number of nitro benzene ring substituents is 1. The Balaban J connectivity index is 1.77. The summed E-state index contributed by atoms with van der Waals surface area (Å²) in [5, 5.41) is 23.4. The normalized spacial score (nSPS) is 11.2. The first kappa shape index (κ1) is 20.0. The van der Waals surface area contributed by atoms with Crippen molar-refractivity contribution < 1.29 is 18.4 Å². The van der Waals surface area contributed by atoms with Gasteiger partial charge in [-0.2, -0.15) is 0 Å². The summed E-state index contributed by atoms with van der Waals surface area (Å²) < 4.78 is 28.2. The van der Waals surface area contributed by atoms with Gasteiger partial charge in [0.15, 0.2) is 11.6 Å². The number of aromatic hydroxyl groups is 1. The van der Waals surface area contributed by atoms with Gasteiger partial charge in [0.2, 0.25) is 0 Å². The van der Waals surface area contributed by atoms with Crippen molar-refractivity contribution in [2.24, 2.45) is 0 Å². The maximum Gasteiger partial charge on any atom is 0.270 e. The van der Waals surface area contributed by atoms with Crippen molar-refractivity contribution >= 4 is 44.1 Å². The minimum absolute atomic E-state index is 0.0711. The summed E-state index contributed by atoms with van der Waals surface area (Å²) in [6.07, 6.45) is 0. The van der Waals surface area contributed by atoms with Gasteiger partial charge in [0, 0.05) is 17.8 Å². The van der Waals surface area contributed by atoms with Gasteiger partial charge in [-0.3, -0.25) is 14.8 Å². The Bertz CT molecular complexity index is 1390. The monoisotopic (exact) mass is 437 g/mol. The van der Waals surface area contributed by atoms with Crippen LogP contribution >= 0.6 is 0 Å². The molecule has 4 aromatic rings. The van der Waals surface area contributed by atoms with Crippen LogP contribution in [-0.4, -0.2) is 28.4 Å². The number of phenolic OH excluding ortho intramolecular Hbond substituents is 1. The fraction of sp³-hybridized carbons (Fsp3) is 0. The van der Waals surface area contributed by atoms with Gasteiger partial charge in [0.05, 0.1) is 20.9 Å². The molecule has 0 aliphatic rings. The zero-order chi connectivity index (χ0) is 22.0. The number of nitro groups is 1. The maximum absolute atomic E-state index is 12.9. The molecule has 3 aromatic carbocycles. The first-order valence-electron chi connectivity index (χ1n) is 8.92. The second kappa shape index (κ2) is 7.88. The Morgan fingerprint density at radius 1 is 0.871 bits per heavy atom. The second-order valence-electron chi connectivity index (χ2n) is 6.44. The van der Waals surface area contributed by atoms with Crippen LogP contribution in [0, 0.1) is 10.1 Å². The molecule has 0 saturated carbocycles. The Kier molecular flexibility index (Phi) is 5.09. The molecular formula is C20H15N5O5S. The van der Waals surface area contributed by atoms with Crippen LogP contribution in [0.2, 0.25) is 0 Å². The highest BCUT2D eigenvalue weighted by Gasteiger charge is 2.21. The van der Waals surface area contributed by atoms with Crippen LogP contribution in [0.5, 0.6) is 5.75 Å². The lowest BCUT2D eigenvalue weighted by Crippen LogP contribution is -2.16. The van der Waals surface area contributed by atoms with Crippen LogP contribution in [0.3, 0.4) is 0 Å². The van der Waals surface area contributed by atoms with Gasteiger partial charge in [0.1, 0.15) is 5.75 Å². The highest BCUT2D eigenvalue weighted by Crippen LogP contribution is 2.28. The van der Waals surface area contributed by atoms with Crippen molar-refractivity contribution in [3.05, 3.63) is 82.9 Å². The van der Waals surface area contributed by atoms with Crippen molar-refractivity contribution in [2.45, 2.75) is 4.90 Å². The van der Waals surface area contributed by atoms with Gasteiger partial charge in [-0.25, -0.2) is 18.4 Å². The molecule has 1 aromatic heterocycles. The Morgan fingerprint density at radius 3 is 2.16 bits per heavy atom. The summed E-state index contributed by atoms with van der Waals surface area (Å²) >= 11 is 0. The number of hydrogen-bond acceptors (Lipinski definition) is 8. The van der Waals surface area contributed by atoms with E-state index in [4.69, 9.17) is 0 Å². The van der Waals surface area contributed by atoms with E-state index in [0.717, 1.165) is 6.07 Å². The SMILES string of the molecule is O=[N+]([O-])c1cccc(S(=O)(=O)Nc2nc3ccccc3nc2Nc2ccc(O)cc2)c1. The molecule has 156 valence electrons. The van der Waals surface area contributed by atoms with Crippen LogP contribution in [0.15, 0.2) is 77.7 Å². The third-order valence-corrected chi connectivity index (χ3v) is 5.61. The number of phenols is 1. The summed E-state index contributed by atoms with van der Waals surface area (Å²) in [7, 11) is -4.20. The molecular weight excluding hydrogens is 422 g/mol. The molecule has 0 saturated heterocycles. The summed E-state index contributed by atoms with van der Waals surface area (Å²) in [6, 6.07) is 17.7. The van der Waals surface area contributed by atoms with Gasteiger partial charge in [-0.1, -0.05) is 18.2 Å². The number of non-ortho nitro benzene ring substituents is 1. The Morgan fingerprint density at radius 2 is 1.52 bits per heavy atom. The summed E-state index contributed by atoms with van der Waals surface area (Å²) in [6.45, 7) is 0. The van der Waals surface area contributed by atoms with Gasteiger partial charge in [0.25, 0.3) is 15.7 Å². The average molecular weight is 437 g/mol. The Labute approximate surface area is 176 Å². The minimum atomic E-state index is -4.20. The number of para-hydroxylation sites is 2. The van der Waals surface area contributed by atoms with Crippen LogP contribution in [0.4, 0.5) is 23.0 Å². The Hall–Kier alpha value is -4.25. The van der Waals surface area contributed by atoms with E-state index in [9.17, 15) is 23.6 Å². The van der Waals surface area contributed by atoms with E-state index in [-0.39, 0.29) is 28.0 Å². The standard InChI is InChI=1S/C20H15N5O5S/c26-15-10-8-13(9-11-15)21-19-20(23-18-7-2-1-6-17(18)22-19)24-31(29,30)16-5-3-4-14(12-16)25(27)28/h1-12,26H,(H,21,22)(H,23,24). The van der Waals surface area contributed by atoms with E-state index in [1.54, 1.807) is 36.4 Å². The topological polar surface area (TPSA) is 147 Å². The molecule has 0 spiro atoms. The van der Waals surface area contributed by atoms with Crippen molar-refractivity contribution in [3.63, 3.8) is 0 Å². The summed E-state index contributed by atoms with van der Waals surface area (Å²) in [5.41, 5.74) is 1.17. The molecule has 3 N–H and O–H groups in total. The predicted octanol–water partition coefficient (Wildman–Crippen LogP) is 3.79. The van der Waals surface area contributed by atoms with E-state index >= 15 is 0 Å². The van der Waals surface area contributed by atoms with E-state index in [2.05, 4.69) is 20.0 Å². The van der Waals surface area contributed by atoms with E-state index < -0.39 is 14.9 Å². The van der Waals surface area contributed by atoms with Crippen molar-refractivity contribution in [3.8, 4) is 5.75 Å². The molecule has 0 aliphatic carbocycles. The molecule has 11 heteroatoms. The molecule has 10 nitrogen and oxygen atoms in total. The van der Waals surface area contributed by atoms with Crippen molar-refractivity contribution in [1.82, 2.24) is 9.97 Å². The lowest BCUT2D eigenvalue weighted by Gasteiger charge is -2.14. The first-order chi connectivity index (χ1) is 14.8. The van der Waals surface area contributed by atoms with Crippen molar-refractivity contribution in [1.29, 1.82) is 0 Å². The molecule has 0 atom stereocenters. The molecule has 31 heavy (non-hydrogen) atoms. The number of fused-ring (bicyclic) bond motifs is 1. The van der Waals surface area contributed by atoms with Crippen LogP contribution in [0.25, 0.3) is 11.0 Å². The zero-order valence-electron chi connectivity index (χ0n) is 15.8. The highest BCUT2D eigenvalue weighted by atomic mass is 32.2. The third kappa shape index (κ3) is 4.36. The lowest BCUT2D eigenvalue weighted by molar-refractivity contribution is -0.385. The number of rotatable bonds is 6. The second-order valence-corrected chi connectivity index (χ2v) is 8.12. The zero-order valence-corrected chi connectivity index (χ0v) is 16.6. The van der Waals surface area contributed by atoms with Crippen LogP contribution in [-0.2, 0) is 10.0 Å². The number of nitrogens with one attached hydrogen (secondary N) is 2. The summed E-state index contributed by atoms with van der Waals surface area (Å²) in [4.78, 5) is 18.9. The number of hydrogen-bond donors (Lipinski definition) is 3. The molecule has 0 aliphatic heterocycles. The van der Waals surface area contributed by atoms with E-state index in [1.807, 2.05) is 0 Å². The summed E-state index contributed by atoms with van der Waals surface area (Å²) in [5.74, 6) is 0.110. The molecule has 0 unspecified atom stereocenters. The fourth-order valence-electron chi connectivity index (χ4n) is 2.79. The van der Waals surface area contributed by atoms with Gasteiger partial charge < -0.3 is 10.4 Å². The van der Waals surface area contributed by atoms with Gasteiger partial charge in [-0.05, 0) is 42.5 Å². The van der Waals surface area contributed by atoms with Crippen molar-refractivity contribution in [2.75, 3.05) is 10.0 Å². The highest BCUT2D eigenvalue weighted by molar-refractivity contribution is 7.92. The molecule has 4 rings (SSSR count). The fourth-order valence-corrected chi connectivity index (χ4v) is 3.84. The minimum Gasteiger partial charge on any atom is -0.508 e. The molecule has 0 bridgehead atoms. The third-order valence-electron chi connectivity index (χ3n) is 4.27. The number of nitrogens with zero attached hydrogens (tertiary/aromatic N) is 3. The molecule has 1 heterocycles. The number of anilines is 3. The molecule has 0 radical (unpaired) electrons. The maximum atomic E-state index is 12.9. The molecule has 0 fully saturated rings. The van der Waals surface area contributed by atoms with Gasteiger partial charge in [-0.15, -0.1) is 0 Å². The van der Waals surface area contributed by atoms with Crippen LogP contribution in [0.1, 0.15) is 0 Å². The lowest BCUT2D eigenvalue weighted by atomic mass is 10.3. The smallest absolute Gasteiger partial charge is 0.270 e. The molecule has 0 amide bonds. The largest absolute Gasteiger partial charge is 0.508 e. The number of aromatic nitrogens is 2. The van der Waals surface area contributed by atoms with E-state index in [0.29, 0.717) is 16.7 Å². The van der Waals surface area contributed by atoms with Crippen LogP contribution < -0.4 is 10.0 Å². The quantitative estimate of drug-likeness (QED) is 0.234. The first-order valence-corrected chi connectivity index (χ1v) is 10.4. The number of benzene rings is 3. The van der Waals surface area contributed by atoms with Gasteiger partial charge >= 0.3 is 0 Å². The number of sulfonamides is 1.